The van der Waals surface area contributed by atoms with Crippen molar-refractivity contribution in [1.82, 2.24) is 5.32 Å². The largest absolute Gasteiger partial charge is 0.493 e. The fourth-order valence-corrected chi connectivity index (χ4v) is 2.66. The van der Waals surface area contributed by atoms with Crippen molar-refractivity contribution < 1.29 is 4.74 Å². The molecule has 1 aromatic carbocycles. The highest BCUT2D eigenvalue weighted by molar-refractivity contribution is 5.43. The zero-order chi connectivity index (χ0) is 15.5. The van der Waals surface area contributed by atoms with Gasteiger partial charge >= 0.3 is 0 Å². The molecule has 0 aliphatic rings. The molecule has 0 amide bonds. The van der Waals surface area contributed by atoms with Gasteiger partial charge in [-0.2, -0.15) is 0 Å². The predicted molar refractivity (Wildman–Crippen MR) is 92.2 cm³/mol. The summed E-state index contributed by atoms with van der Waals surface area (Å²) in [7, 11) is 0. The number of benzene rings is 1. The van der Waals surface area contributed by atoms with Gasteiger partial charge in [0.05, 0.1) is 6.61 Å². The van der Waals surface area contributed by atoms with Crippen LogP contribution in [0.25, 0.3) is 0 Å². The lowest BCUT2D eigenvalue weighted by molar-refractivity contribution is 0.300. The Hall–Kier alpha value is -1.02. The third kappa shape index (κ3) is 6.99. The van der Waals surface area contributed by atoms with Crippen LogP contribution in [0.4, 0.5) is 0 Å². The molecule has 2 nitrogen and oxygen atoms in total. The van der Waals surface area contributed by atoms with Gasteiger partial charge < -0.3 is 10.1 Å². The summed E-state index contributed by atoms with van der Waals surface area (Å²) in [5.74, 6) is 1.09. The van der Waals surface area contributed by atoms with Crippen LogP contribution in [-0.2, 0) is 6.54 Å². The zero-order valence-corrected chi connectivity index (χ0v) is 14.4. The van der Waals surface area contributed by atoms with E-state index in [9.17, 15) is 0 Å². The molecule has 0 saturated carbocycles. The van der Waals surface area contributed by atoms with Crippen molar-refractivity contribution in [3.8, 4) is 5.75 Å². The molecule has 0 aromatic heterocycles. The van der Waals surface area contributed by atoms with Crippen LogP contribution in [0.15, 0.2) is 12.1 Å². The van der Waals surface area contributed by atoms with Gasteiger partial charge in [0, 0.05) is 6.54 Å². The summed E-state index contributed by atoms with van der Waals surface area (Å²) >= 11 is 0. The van der Waals surface area contributed by atoms with E-state index in [1.165, 1.54) is 55.2 Å². The van der Waals surface area contributed by atoms with Gasteiger partial charge in [-0.15, -0.1) is 0 Å². The van der Waals surface area contributed by atoms with E-state index in [-0.39, 0.29) is 0 Å². The van der Waals surface area contributed by atoms with Gasteiger partial charge in [-0.1, -0.05) is 51.7 Å². The summed E-state index contributed by atoms with van der Waals surface area (Å²) < 4.78 is 6.01. The van der Waals surface area contributed by atoms with E-state index in [4.69, 9.17) is 4.74 Å². The molecule has 21 heavy (non-hydrogen) atoms. The Balaban J connectivity index is 2.43. The Morgan fingerprint density at radius 2 is 1.57 bits per heavy atom. The Labute approximate surface area is 131 Å². The third-order valence-corrected chi connectivity index (χ3v) is 3.77. The number of hydrogen-bond donors (Lipinski definition) is 1. The molecule has 0 spiro atoms. The highest BCUT2D eigenvalue weighted by Crippen LogP contribution is 2.25. The minimum absolute atomic E-state index is 0.846. The Morgan fingerprint density at radius 3 is 2.19 bits per heavy atom. The summed E-state index contributed by atoms with van der Waals surface area (Å²) in [6.45, 7) is 11.6. The van der Waals surface area contributed by atoms with Gasteiger partial charge in [0.15, 0.2) is 0 Å². The summed E-state index contributed by atoms with van der Waals surface area (Å²) in [6, 6.07) is 4.50. The number of hydrogen-bond acceptors (Lipinski definition) is 2. The average molecular weight is 291 g/mol. The van der Waals surface area contributed by atoms with Crippen LogP contribution < -0.4 is 10.1 Å². The Bertz CT molecular complexity index is 378. The fourth-order valence-electron chi connectivity index (χ4n) is 2.66. The minimum atomic E-state index is 0.846. The van der Waals surface area contributed by atoms with Crippen LogP contribution in [0, 0.1) is 13.8 Å². The van der Waals surface area contributed by atoms with Crippen molar-refractivity contribution >= 4 is 0 Å². The molecule has 0 heterocycles. The molecule has 120 valence electrons. The predicted octanol–water partition coefficient (Wildman–Crippen LogP) is 5.15. The second-order valence-corrected chi connectivity index (χ2v) is 6.00. The van der Waals surface area contributed by atoms with Gasteiger partial charge in [-0.05, 0) is 49.9 Å². The number of aryl methyl sites for hydroxylation is 2. The topological polar surface area (TPSA) is 21.3 Å². The molecule has 0 fully saturated rings. The maximum absolute atomic E-state index is 6.01. The molecule has 1 N–H and O–H groups in total. The summed E-state index contributed by atoms with van der Waals surface area (Å²) in [5, 5.41) is 3.46. The molecule has 0 saturated heterocycles. The minimum Gasteiger partial charge on any atom is -0.493 e. The van der Waals surface area contributed by atoms with Crippen molar-refractivity contribution in [3.05, 3.63) is 28.8 Å². The molecule has 0 aliphatic carbocycles. The second kappa shape index (κ2) is 10.7. The van der Waals surface area contributed by atoms with Crippen molar-refractivity contribution in [2.75, 3.05) is 13.2 Å². The first-order valence-electron chi connectivity index (χ1n) is 8.62. The SMILES string of the molecule is CCCCCCCOc1c(C)cc(CNCCC)cc1C. The summed E-state index contributed by atoms with van der Waals surface area (Å²) in [5.41, 5.74) is 3.88. The van der Waals surface area contributed by atoms with Crippen molar-refractivity contribution in [2.24, 2.45) is 0 Å². The number of nitrogens with one attached hydrogen (secondary N) is 1. The number of rotatable bonds is 11. The van der Waals surface area contributed by atoms with E-state index in [0.29, 0.717) is 0 Å². The number of unbranched alkanes of at least 4 members (excludes halogenated alkanes) is 4. The summed E-state index contributed by atoms with van der Waals surface area (Å²) in [6.07, 6.45) is 7.60. The maximum atomic E-state index is 6.01. The first-order valence-corrected chi connectivity index (χ1v) is 8.62. The summed E-state index contributed by atoms with van der Waals surface area (Å²) in [4.78, 5) is 0. The van der Waals surface area contributed by atoms with Crippen molar-refractivity contribution in [2.45, 2.75) is 72.8 Å². The van der Waals surface area contributed by atoms with Gasteiger partial charge in [0.1, 0.15) is 5.75 Å². The molecular weight excluding hydrogens is 258 g/mol. The van der Waals surface area contributed by atoms with Gasteiger partial charge in [-0.3, -0.25) is 0 Å². The quantitative estimate of drug-likeness (QED) is 0.569. The lowest BCUT2D eigenvalue weighted by atomic mass is 10.1. The van der Waals surface area contributed by atoms with E-state index in [2.05, 4.69) is 45.1 Å². The lowest BCUT2D eigenvalue weighted by Gasteiger charge is -2.14. The van der Waals surface area contributed by atoms with E-state index in [0.717, 1.165) is 25.4 Å². The number of ether oxygens (including phenoxy) is 1. The van der Waals surface area contributed by atoms with Crippen molar-refractivity contribution in [3.63, 3.8) is 0 Å². The fraction of sp³-hybridized carbons (Fsp3) is 0.684. The van der Waals surface area contributed by atoms with Crippen LogP contribution in [-0.4, -0.2) is 13.2 Å². The molecule has 0 aliphatic heterocycles. The molecule has 1 rings (SSSR count). The highest BCUT2D eigenvalue weighted by Gasteiger charge is 2.06. The molecule has 2 heteroatoms. The molecule has 0 radical (unpaired) electrons. The van der Waals surface area contributed by atoms with E-state index < -0.39 is 0 Å². The van der Waals surface area contributed by atoms with Crippen LogP contribution in [0.2, 0.25) is 0 Å². The highest BCUT2D eigenvalue weighted by atomic mass is 16.5. The monoisotopic (exact) mass is 291 g/mol. The van der Waals surface area contributed by atoms with Crippen LogP contribution in [0.1, 0.15) is 69.1 Å². The molecule has 0 unspecified atom stereocenters. The first-order chi connectivity index (χ1) is 10.2. The van der Waals surface area contributed by atoms with Gasteiger partial charge in [0.25, 0.3) is 0 Å². The standard InChI is InChI=1S/C19H33NO/c1-5-7-8-9-10-12-21-19-16(3)13-18(14-17(19)4)15-20-11-6-2/h13-14,20H,5-12,15H2,1-4H3. The molecule has 0 atom stereocenters. The maximum Gasteiger partial charge on any atom is 0.125 e. The Kier molecular flexibility index (Phi) is 9.16. The van der Waals surface area contributed by atoms with E-state index in [1.54, 1.807) is 0 Å². The lowest BCUT2D eigenvalue weighted by Crippen LogP contribution is -2.14. The van der Waals surface area contributed by atoms with E-state index in [1.807, 2.05) is 0 Å². The van der Waals surface area contributed by atoms with Gasteiger partial charge in [-0.25, -0.2) is 0 Å². The molecule has 1 aromatic rings. The van der Waals surface area contributed by atoms with Crippen LogP contribution in [0.5, 0.6) is 5.75 Å². The third-order valence-electron chi connectivity index (χ3n) is 3.77. The smallest absolute Gasteiger partial charge is 0.125 e. The van der Waals surface area contributed by atoms with Gasteiger partial charge in [0.2, 0.25) is 0 Å². The van der Waals surface area contributed by atoms with Crippen LogP contribution in [0.3, 0.4) is 0 Å². The molecule has 0 bridgehead atoms. The zero-order valence-electron chi connectivity index (χ0n) is 14.4. The molecular formula is C19H33NO. The van der Waals surface area contributed by atoms with Crippen molar-refractivity contribution in [1.29, 1.82) is 0 Å². The average Bonchev–Trinajstić information content (AvgIpc) is 2.45. The normalized spacial score (nSPS) is 10.9. The second-order valence-electron chi connectivity index (χ2n) is 6.00. The van der Waals surface area contributed by atoms with E-state index >= 15 is 0 Å². The Morgan fingerprint density at radius 1 is 0.905 bits per heavy atom. The van der Waals surface area contributed by atoms with Crippen LogP contribution >= 0.6 is 0 Å². The first kappa shape index (κ1) is 18.0.